The van der Waals surface area contributed by atoms with Crippen LogP contribution < -0.4 is 5.32 Å². The van der Waals surface area contributed by atoms with Gasteiger partial charge in [-0.2, -0.15) is 5.10 Å². The van der Waals surface area contributed by atoms with Crippen LogP contribution in [0, 0.1) is 5.82 Å². The number of aryl methyl sites for hydroxylation is 1. The number of rotatable bonds is 11. The van der Waals surface area contributed by atoms with E-state index in [0.29, 0.717) is 12.6 Å². The summed E-state index contributed by atoms with van der Waals surface area (Å²) in [5.41, 5.74) is 4.87. The Morgan fingerprint density at radius 1 is 1.17 bits per heavy atom. The summed E-state index contributed by atoms with van der Waals surface area (Å²) in [6, 6.07) is 13.9. The minimum Gasteiger partial charge on any atom is -0.383 e. The zero-order valence-electron chi connectivity index (χ0n) is 20.9. The number of aromatic nitrogens is 4. The Labute approximate surface area is 211 Å². The highest BCUT2D eigenvalue weighted by Gasteiger charge is 2.22. The molecule has 2 N–H and O–H groups in total. The molecular formula is C28H35FN6O. The maximum atomic E-state index is 13.3. The van der Waals surface area contributed by atoms with E-state index in [1.54, 1.807) is 19.8 Å². The third-order valence-electron chi connectivity index (χ3n) is 7.19. The molecule has 0 saturated carbocycles. The lowest BCUT2D eigenvalue weighted by atomic mass is 10.0. The van der Waals surface area contributed by atoms with E-state index in [-0.39, 0.29) is 11.9 Å². The van der Waals surface area contributed by atoms with Crippen LogP contribution in [0.3, 0.4) is 0 Å². The first-order valence-electron chi connectivity index (χ1n) is 12.8. The molecule has 1 aliphatic heterocycles. The Morgan fingerprint density at radius 3 is 2.75 bits per heavy atom. The Hall–Kier alpha value is -3.07. The van der Waals surface area contributed by atoms with Gasteiger partial charge in [-0.25, -0.2) is 14.1 Å². The molecule has 5 rings (SSSR count). The smallest absolute Gasteiger partial charge is 0.137 e. The molecule has 3 heterocycles. The summed E-state index contributed by atoms with van der Waals surface area (Å²) in [7, 11) is 1.71. The molecule has 2 aromatic carbocycles. The molecule has 0 aliphatic carbocycles. The molecule has 0 amide bonds. The van der Waals surface area contributed by atoms with E-state index in [0.717, 1.165) is 57.4 Å². The van der Waals surface area contributed by atoms with Gasteiger partial charge in [0.15, 0.2) is 0 Å². The summed E-state index contributed by atoms with van der Waals surface area (Å²) in [5.74, 6) is -0.205. The summed E-state index contributed by atoms with van der Waals surface area (Å²) < 4.78 is 20.6. The number of ether oxygens (including phenoxy) is 1. The highest BCUT2D eigenvalue weighted by Crippen LogP contribution is 2.23. The first-order valence-corrected chi connectivity index (χ1v) is 12.8. The van der Waals surface area contributed by atoms with E-state index in [9.17, 15) is 4.39 Å². The van der Waals surface area contributed by atoms with Crippen molar-refractivity contribution in [2.75, 3.05) is 33.4 Å². The van der Waals surface area contributed by atoms with Gasteiger partial charge >= 0.3 is 0 Å². The predicted octanol–water partition coefficient (Wildman–Crippen LogP) is 4.32. The molecule has 0 unspecified atom stereocenters. The Morgan fingerprint density at radius 2 is 2.00 bits per heavy atom. The van der Waals surface area contributed by atoms with Crippen LogP contribution in [-0.4, -0.2) is 64.0 Å². The highest BCUT2D eigenvalue weighted by atomic mass is 19.1. The molecule has 1 atom stereocenters. The maximum Gasteiger partial charge on any atom is 0.137 e. The lowest BCUT2D eigenvalue weighted by Gasteiger charge is -2.34. The molecule has 190 valence electrons. The fourth-order valence-electron chi connectivity index (χ4n) is 5.24. The number of halogens is 1. The summed E-state index contributed by atoms with van der Waals surface area (Å²) >= 11 is 0. The molecule has 7 nitrogen and oxygen atoms in total. The van der Waals surface area contributed by atoms with Gasteiger partial charge in [-0.3, -0.25) is 0 Å². The second-order valence-corrected chi connectivity index (χ2v) is 9.73. The van der Waals surface area contributed by atoms with Gasteiger partial charge in [0.2, 0.25) is 0 Å². The number of H-pyrrole nitrogens is 1. The van der Waals surface area contributed by atoms with Gasteiger partial charge in [-0.05, 0) is 86.3 Å². The SMILES string of the molecule is COC[C@H](NC1CCN(CCCc2c[nH]c3ccc(Cn4cncn4)cc23)CC1)c1ccc(F)cc1. The molecule has 0 radical (unpaired) electrons. The van der Waals surface area contributed by atoms with Crippen LogP contribution in [0.1, 0.15) is 42.0 Å². The van der Waals surface area contributed by atoms with Crippen molar-refractivity contribution in [1.82, 2.24) is 30.0 Å². The van der Waals surface area contributed by atoms with Crippen molar-refractivity contribution in [2.24, 2.45) is 0 Å². The lowest BCUT2D eigenvalue weighted by molar-refractivity contribution is 0.141. The van der Waals surface area contributed by atoms with Crippen LogP contribution in [0.5, 0.6) is 0 Å². The Balaban J connectivity index is 1.09. The van der Waals surface area contributed by atoms with Crippen LogP contribution in [0.4, 0.5) is 4.39 Å². The van der Waals surface area contributed by atoms with Crippen molar-refractivity contribution in [1.29, 1.82) is 0 Å². The number of nitrogens with zero attached hydrogens (tertiary/aromatic N) is 4. The van der Waals surface area contributed by atoms with Gasteiger partial charge in [-0.1, -0.05) is 18.2 Å². The molecule has 1 aliphatic rings. The number of hydrogen-bond donors (Lipinski definition) is 2. The van der Waals surface area contributed by atoms with Crippen molar-refractivity contribution >= 4 is 10.9 Å². The fraction of sp³-hybridized carbons (Fsp3) is 0.429. The van der Waals surface area contributed by atoms with Crippen molar-refractivity contribution in [3.05, 3.63) is 83.8 Å². The van der Waals surface area contributed by atoms with E-state index in [1.807, 2.05) is 16.8 Å². The van der Waals surface area contributed by atoms with Gasteiger partial charge in [0.25, 0.3) is 0 Å². The third kappa shape index (κ3) is 6.19. The maximum absolute atomic E-state index is 13.3. The second-order valence-electron chi connectivity index (χ2n) is 9.73. The quantitative estimate of drug-likeness (QED) is 0.328. The zero-order valence-corrected chi connectivity index (χ0v) is 20.9. The van der Waals surface area contributed by atoms with Gasteiger partial charge in [0.1, 0.15) is 18.5 Å². The van der Waals surface area contributed by atoms with Crippen molar-refractivity contribution in [3.8, 4) is 0 Å². The number of nitrogens with one attached hydrogen (secondary N) is 2. The van der Waals surface area contributed by atoms with Gasteiger partial charge in [-0.15, -0.1) is 0 Å². The molecule has 36 heavy (non-hydrogen) atoms. The standard InChI is InChI=1S/C28H35FN6O/c1-36-18-28(22-5-7-24(29)8-6-22)33-25-10-13-34(14-11-25)12-2-3-23-16-31-27-9-4-21(15-26(23)27)17-35-20-30-19-32-35/h4-9,15-16,19-20,25,28,31,33H,2-3,10-14,17-18H2,1H3/t28-/m0/s1. The Kier molecular flexibility index (Phi) is 8.05. The minimum absolute atomic E-state index is 0.0865. The number of likely N-dealkylation sites (tertiary alicyclic amines) is 1. The molecule has 1 fully saturated rings. The first kappa shape index (κ1) is 24.6. The monoisotopic (exact) mass is 490 g/mol. The minimum atomic E-state index is -0.205. The topological polar surface area (TPSA) is 71.0 Å². The number of piperidine rings is 1. The van der Waals surface area contributed by atoms with E-state index >= 15 is 0 Å². The zero-order chi connectivity index (χ0) is 24.7. The highest BCUT2D eigenvalue weighted by molar-refractivity contribution is 5.83. The van der Waals surface area contributed by atoms with Gasteiger partial charge < -0.3 is 19.9 Å². The molecule has 0 bridgehead atoms. The van der Waals surface area contributed by atoms with Crippen LogP contribution in [0.25, 0.3) is 10.9 Å². The van der Waals surface area contributed by atoms with Gasteiger partial charge in [0, 0.05) is 30.3 Å². The first-order chi connectivity index (χ1) is 17.7. The predicted molar refractivity (Wildman–Crippen MR) is 139 cm³/mol. The Bertz CT molecular complexity index is 1210. The summed E-state index contributed by atoms with van der Waals surface area (Å²) in [4.78, 5) is 10.0. The molecule has 8 heteroatoms. The number of methoxy groups -OCH3 is 1. The molecule has 1 saturated heterocycles. The van der Waals surface area contributed by atoms with Crippen LogP contribution in [-0.2, 0) is 17.7 Å². The molecule has 4 aromatic rings. The lowest BCUT2D eigenvalue weighted by Crippen LogP contribution is -2.44. The molecular weight excluding hydrogens is 455 g/mol. The number of benzene rings is 2. The molecule has 2 aromatic heterocycles. The third-order valence-corrected chi connectivity index (χ3v) is 7.19. The van der Waals surface area contributed by atoms with E-state index in [2.05, 4.69) is 49.7 Å². The largest absolute Gasteiger partial charge is 0.383 e. The summed E-state index contributed by atoms with van der Waals surface area (Å²) in [6.45, 7) is 4.61. The van der Waals surface area contributed by atoms with E-state index in [4.69, 9.17) is 4.74 Å². The fourth-order valence-corrected chi connectivity index (χ4v) is 5.24. The average molecular weight is 491 g/mol. The van der Waals surface area contributed by atoms with Crippen molar-refractivity contribution < 1.29 is 9.13 Å². The van der Waals surface area contributed by atoms with Gasteiger partial charge in [0.05, 0.1) is 19.2 Å². The second kappa shape index (κ2) is 11.8. The molecule has 0 spiro atoms. The van der Waals surface area contributed by atoms with E-state index in [1.165, 1.54) is 34.2 Å². The number of aromatic amines is 1. The van der Waals surface area contributed by atoms with Crippen LogP contribution >= 0.6 is 0 Å². The normalized spacial score (nSPS) is 16.1. The van der Waals surface area contributed by atoms with E-state index < -0.39 is 0 Å². The van der Waals surface area contributed by atoms with Crippen LogP contribution in [0.15, 0.2) is 61.3 Å². The average Bonchev–Trinajstić information content (AvgIpc) is 3.55. The van der Waals surface area contributed by atoms with Crippen LogP contribution in [0.2, 0.25) is 0 Å². The summed E-state index contributed by atoms with van der Waals surface area (Å²) in [5, 5.41) is 9.27. The number of fused-ring (bicyclic) bond motifs is 1. The van der Waals surface area contributed by atoms with Crippen molar-refractivity contribution in [2.45, 2.75) is 44.3 Å². The van der Waals surface area contributed by atoms with Crippen molar-refractivity contribution in [3.63, 3.8) is 0 Å². The number of hydrogen-bond acceptors (Lipinski definition) is 5. The summed E-state index contributed by atoms with van der Waals surface area (Å²) in [6.07, 6.45) is 9.90.